The van der Waals surface area contributed by atoms with Gasteiger partial charge in [0, 0.05) is 23.2 Å². The van der Waals surface area contributed by atoms with Crippen molar-refractivity contribution in [2.24, 2.45) is 5.73 Å². The molecular weight excluding hydrogens is 562 g/mol. The first-order chi connectivity index (χ1) is 14.8. The van der Waals surface area contributed by atoms with Gasteiger partial charge in [0.05, 0.1) is 5.69 Å². The number of benzene rings is 2. The van der Waals surface area contributed by atoms with Crippen LogP contribution in [0, 0.1) is 0 Å². The van der Waals surface area contributed by atoms with E-state index < -0.39 is 47.8 Å². The van der Waals surface area contributed by atoms with E-state index in [1.807, 2.05) is 0 Å². The van der Waals surface area contributed by atoms with Crippen LogP contribution in [0.2, 0.25) is 0 Å². The van der Waals surface area contributed by atoms with Crippen molar-refractivity contribution >= 4 is 40.6 Å². The SMILES string of the molecule is CN(c1cccc(C(N)=O)c1)c1ccccc1S(Br)(C(F)(F)F)C(F)(C(F)(F)F)C(F)(F)F. The maximum absolute atomic E-state index is 15.0. The predicted molar refractivity (Wildman–Crippen MR) is 106 cm³/mol. The second-order valence-corrected chi connectivity index (χ2v) is 12.0. The van der Waals surface area contributed by atoms with Gasteiger partial charge in [-0.3, -0.25) is 4.79 Å². The Kier molecular flexibility index (Phi) is 7.03. The summed E-state index contributed by atoms with van der Waals surface area (Å²) in [5.41, 5.74) is -2.30. The van der Waals surface area contributed by atoms with Gasteiger partial charge in [0.1, 0.15) is 0 Å². The molecule has 3 nitrogen and oxygen atoms in total. The number of hydrogen-bond donors (Lipinski definition) is 1. The molecule has 0 aliphatic carbocycles. The molecule has 1 amide bonds. The molecule has 0 radical (unpaired) electrons. The highest BCUT2D eigenvalue weighted by atomic mass is 79.9. The Hall–Kier alpha value is -2.16. The number of para-hydroxylation sites is 1. The number of nitrogens with zero attached hydrogens (tertiary/aromatic N) is 1. The highest BCUT2D eigenvalue weighted by Gasteiger charge is 2.85. The fraction of sp³-hybridized carbons (Fsp3) is 0.278. The first-order valence-corrected chi connectivity index (χ1v) is 11.9. The quantitative estimate of drug-likeness (QED) is 0.380. The van der Waals surface area contributed by atoms with Gasteiger partial charge in [0.2, 0.25) is 5.91 Å². The van der Waals surface area contributed by atoms with Crippen molar-refractivity contribution in [2.45, 2.75) is 27.8 Å². The first kappa shape index (κ1) is 27.1. The second kappa shape index (κ2) is 8.56. The van der Waals surface area contributed by atoms with Crippen LogP contribution in [-0.4, -0.2) is 35.8 Å². The minimum Gasteiger partial charge on any atom is -0.366 e. The molecule has 0 aliphatic rings. The average Bonchev–Trinajstić information content (AvgIpc) is 2.69. The highest BCUT2D eigenvalue weighted by molar-refractivity contribution is 9.58. The molecule has 184 valence electrons. The molecule has 0 aliphatic heterocycles. The van der Waals surface area contributed by atoms with E-state index in [-0.39, 0.29) is 11.3 Å². The van der Waals surface area contributed by atoms with Crippen molar-refractivity contribution in [1.29, 1.82) is 0 Å². The summed E-state index contributed by atoms with van der Waals surface area (Å²) in [5, 5.41) is -6.70. The van der Waals surface area contributed by atoms with Crippen LogP contribution in [0.1, 0.15) is 10.4 Å². The molecule has 0 spiro atoms. The minimum absolute atomic E-state index is 0.112. The zero-order valence-electron chi connectivity index (χ0n) is 16.1. The maximum atomic E-state index is 15.0. The Balaban J connectivity index is 2.91. The van der Waals surface area contributed by atoms with Gasteiger partial charge in [-0.15, -0.1) is 0 Å². The molecule has 2 aromatic carbocycles. The number of alkyl halides is 10. The molecule has 0 saturated heterocycles. The molecule has 2 aromatic rings. The molecule has 2 rings (SSSR count). The van der Waals surface area contributed by atoms with E-state index >= 15 is 0 Å². The summed E-state index contributed by atoms with van der Waals surface area (Å²) in [6, 6.07) is 7.61. The van der Waals surface area contributed by atoms with Crippen molar-refractivity contribution in [3.05, 3.63) is 54.1 Å². The average molecular weight is 575 g/mol. The van der Waals surface area contributed by atoms with Gasteiger partial charge in [0.25, 0.3) is 0 Å². The number of nitrogens with two attached hydrogens (primary N) is 1. The number of carbonyl (C=O) groups is 1. The largest absolute Gasteiger partial charge is 0.441 e. The summed E-state index contributed by atoms with van der Waals surface area (Å²) < 4.78 is 138. The number of amides is 1. The Morgan fingerprint density at radius 3 is 1.85 bits per heavy atom. The van der Waals surface area contributed by atoms with Gasteiger partial charge in [-0.05, 0) is 53.6 Å². The van der Waals surface area contributed by atoms with E-state index in [0.29, 0.717) is 6.07 Å². The Morgan fingerprint density at radius 1 is 0.879 bits per heavy atom. The normalized spacial score (nSPS) is 16.1. The van der Waals surface area contributed by atoms with E-state index in [2.05, 4.69) is 0 Å². The van der Waals surface area contributed by atoms with Crippen molar-refractivity contribution in [2.75, 3.05) is 11.9 Å². The maximum Gasteiger partial charge on any atom is 0.441 e. The van der Waals surface area contributed by atoms with E-state index in [9.17, 15) is 48.7 Å². The third kappa shape index (κ3) is 4.36. The third-order valence-corrected chi connectivity index (χ3v) is 10.8. The molecule has 0 saturated carbocycles. The fourth-order valence-electron chi connectivity index (χ4n) is 2.89. The van der Waals surface area contributed by atoms with Crippen LogP contribution < -0.4 is 10.6 Å². The molecule has 2 N–H and O–H groups in total. The fourth-order valence-corrected chi connectivity index (χ4v) is 7.09. The summed E-state index contributed by atoms with van der Waals surface area (Å²) in [6.45, 7) is 0. The van der Waals surface area contributed by atoms with Crippen LogP contribution in [0.25, 0.3) is 0 Å². The van der Waals surface area contributed by atoms with Crippen LogP contribution in [0.4, 0.5) is 55.3 Å². The topological polar surface area (TPSA) is 46.3 Å². The van der Waals surface area contributed by atoms with E-state index in [1.165, 1.54) is 18.2 Å². The number of primary amides is 1. The number of carbonyl (C=O) groups excluding carboxylic acids is 1. The Morgan fingerprint density at radius 2 is 1.39 bits per heavy atom. The van der Waals surface area contributed by atoms with Crippen LogP contribution in [0.15, 0.2) is 53.4 Å². The lowest BCUT2D eigenvalue weighted by Gasteiger charge is -2.48. The molecule has 1 atom stereocenters. The number of hydrogen-bond acceptors (Lipinski definition) is 2. The summed E-state index contributed by atoms with van der Waals surface area (Å²) in [6.07, 6.45) is -14.0. The van der Waals surface area contributed by atoms with Gasteiger partial charge < -0.3 is 10.6 Å². The summed E-state index contributed by atoms with van der Waals surface area (Å²) in [4.78, 5) is 10.5. The van der Waals surface area contributed by atoms with Gasteiger partial charge >= 0.3 is 22.9 Å². The van der Waals surface area contributed by atoms with Crippen LogP contribution in [-0.2, 0) is 0 Å². The number of rotatable bonds is 5. The minimum atomic E-state index is -6.99. The van der Waals surface area contributed by atoms with Gasteiger partial charge in [0.15, 0.2) is 0 Å². The van der Waals surface area contributed by atoms with E-state index in [1.54, 1.807) is 14.8 Å². The second-order valence-electron chi connectivity index (χ2n) is 6.52. The van der Waals surface area contributed by atoms with Crippen LogP contribution in [0.5, 0.6) is 0 Å². The Labute approximate surface area is 189 Å². The Bertz CT molecular complexity index is 1030. The van der Waals surface area contributed by atoms with Gasteiger partial charge in [-0.25, -0.2) is 4.39 Å². The predicted octanol–water partition coefficient (Wildman–Crippen LogP) is 7.34. The van der Waals surface area contributed by atoms with Crippen molar-refractivity contribution in [3.63, 3.8) is 0 Å². The molecule has 0 aromatic heterocycles. The van der Waals surface area contributed by atoms with E-state index in [0.717, 1.165) is 36.2 Å². The zero-order chi connectivity index (χ0) is 25.6. The summed E-state index contributed by atoms with van der Waals surface area (Å²) in [7, 11) is -5.52. The smallest absolute Gasteiger partial charge is 0.366 e. The monoisotopic (exact) mass is 574 g/mol. The standard InChI is InChI=1S/C18H13BrF10N2OS/c1-31(11-6-4-5-10(9-11)14(30)32)12-7-2-3-8-13(12)33(19,18(27,28)29)15(20,16(21,22)23)17(24,25)26/h2-9H,1H3,(H2,30,32). The molecule has 0 bridgehead atoms. The van der Waals surface area contributed by atoms with E-state index in [4.69, 9.17) is 5.73 Å². The lowest BCUT2D eigenvalue weighted by molar-refractivity contribution is -0.306. The van der Waals surface area contributed by atoms with Gasteiger partial charge in [-0.2, -0.15) is 39.5 Å². The zero-order valence-corrected chi connectivity index (χ0v) is 18.5. The van der Waals surface area contributed by atoms with Crippen LogP contribution in [0.3, 0.4) is 0 Å². The lowest BCUT2D eigenvalue weighted by atomic mass is 10.1. The van der Waals surface area contributed by atoms with Crippen molar-refractivity contribution in [1.82, 2.24) is 0 Å². The lowest BCUT2D eigenvalue weighted by Crippen LogP contribution is -2.57. The van der Waals surface area contributed by atoms with Crippen molar-refractivity contribution < 1.29 is 48.7 Å². The highest BCUT2D eigenvalue weighted by Crippen LogP contribution is 2.86. The molecule has 0 heterocycles. The van der Waals surface area contributed by atoms with Crippen molar-refractivity contribution in [3.8, 4) is 0 Å². The number of anilines is 2. The molecular formula is C18H13BrF10N2OS. The van der Waals surface area contributed by atoms with Gasteiger partial charge in [-0.1, -0.05) is 18.2 Å². The molecule has 15 heteroatoms. The summed E-state index contributed by atoms with van der Waals surface area (Å²) in [5.74, 6) is -0.953. The molecule has 33 heavy (non-hydrogen) atoms. The molecule has 0 fully saturated rings. The molecule has 1 unspecified atom stereocenters. The summed E-state index contributed by atoms with van der Waals surface area (Å²) >= 11 is 1.58. The number of halogens is 11. The third-order valence-electron chi connectivity index (χ3n) is 4.48. The van der Waals surface area contributed by atoms with Crippen LogP contribution >= 0.6 is 23.3 Å². The first-order valence-electron chi connectivity index (χ1n) is 8.44.